The molecule has 13 heavy (non-hydrogen) atoms. The molecule has 0 atom stereocenters. The maximum absolute atomic E-state index is 12.6. The third-order valence-electron chi connectivity index (χ3n) is 1.33. The van der Waals surface area contributed by atoms with E-state index in [0.29, 0.717) is 0 Å². The van der Waals surface area contributed by atoms with Crippen molar-refractivity contribution in [2.24, 2.45) is 0 Å². The predicted molar refractivity (Wildman–Crippen MR) is 41.8 cm³/mol. The summed E-state index contributed by atoms with van der Waals surface area (Å²) in [5.41, 5.74) is 0.182. The highest BCUT2D eigenvalue weighted by molar-refractivity contribution is 7.81. The fourth-order valence-electron chi connectivity index (χ4n) is 0.784. The molecular weight excluding hydrogens is 202 g/mol. The van der Waals surface area contributed by atoms with Crippen LogP contribution in [0.2, 0.25) is 0 Å². The molecule has 1 rings (SSSR count). The molecule has 0 aromatic heterocycles. The highest BCUT2D eigenvalue weighted by atomic mass is 32.3. The molecule has 6 heteroatoms. The fourth-order valence-corrected chi connectivity index (χ4v) is 1.12. The second-order valence-corrected chi connectivity index (χ2v) is 3.34. The van der Waals surface area contributed by atoms with Crippen molar-refractivity contribution in [3.05, 3.63) is 29.6 Å². The van der Waals surface area contributed by atoms with Crippen molar-refractivity contribution in [2.45, 2.75) is 6.92 Å². The van der Waals surface area contributed by atoms with Gasteiger partial charge in [0.25, 0.3) is 0 Å². The second-order valence-electron chi connectivity index (χ2n) is 2.39. The van der Waals surface area contributed by atoms with Crippen molar-refractivity contribution in [3.8, 4) is 5.75 Å². The lowest BCUT2D eigenvalue weighted by Crippen LogP contribution is -2.01. The molecule has 1 aromatic rings. The van der Waals surface area contributed by atoms with Gasteiger partial charge in [-0.2, -0.15) is 8.42 Å². The summed E-state index contributed by atoms with van der Waals surface area (Å²) in [5.74, 6) is -0.759. The summed E-state index contributed by atoms with van der Waals surface area (Å²) >= 11 is 0. The maximum atomic E-state index is 12.6. The molecule has 0 saturated heterocycles. The Morgan fingerprint density at radius 2 is 2.00 bits per heavy atom. The summed E-state index contributed by atoms with van der Waals surface area (Å²) in [4.78, 5) is 0. The summed E-state index contributed by atoms with van der Waals surface area (Å²) in [6.07, 6.45) is 0. The molecule has 0 saturated carbocycles. The minimum Gasteiger partial charge on any atom is -0.358 e. The van der Waals surface area contributed by atoms with Crippen molar-refractivity contribution < 1.29 is 20.9 Å². The van der Waals surface area contributed by atoms with Crippen LogP contribution in [0.5, 0.6) is 5.75 Å². The largest absolute Gasteiger partial charge is 0.488 e. The Labute approximate surface area is 74.4 Å². The van der Waals surface area contributed by atoms with Crippen molar-refractivity contribution in [2.75, 3.05) is 0 Å². The van der Waals surface area contributed by atoms with Crippen LogP contribution >= 0.6 is 0 Å². The zero-order chi connectivity index (χ0) is 10.1. The smallest absolute Gasteiger partial charge is 0.358 e. The summed E-state index contributed by atoms with van der Waals surface area (Å²) in [6.45, 7) is 1.41. The Hall–Kier alpha value is -1.17. The summed E-state index contributed by atoms with van der Waals surface area (Å²) in [6, 6.07) is 3.11. The van der Waals surface area contributed by atoms with Gasteiger partial charge in [-0.25, -0.2) is 4.39 Å². The maximum Gasteiger partial charge on any atom is 0.488 e. The van der Waals surface area contributed by atoms with Crippen LogP contribution in [0.15, 0.2) is 18.2 Å². The monoisotopic (exact) mass is 208 g/mol. The quantitative estimate of drug-likeness (QED) is 0.695. The summed E-state index contributed by atoms with van der Waals surface area (Å²) < 4.78 is 48.5. The van der Waals surface area contributed by atoms with E-state index in [1.54, 1.807) is 0 Å². The first-order chi connectivity index (χ1) is 5.88. The Kier molecular flexibility index (Phi) is 2.51. The predicted octanol–water partition coefficient (Wildman–Crippen LogP) is 1.73. The molecule has 0 spiro atoms. The third-order valence-corrected chi connectivity index (χ3v) is 1.72. The van der Waals surface area contributed by atoms with Crippen LogP contribution in [-0.4, -0.2) is 8.42 Å². The first kappa shape index (κ1) is 9.91. The van der Waals surface area contributed by atoms with Crippen LogP contribution in [0.3, 0.4) is 0 Å². The summed E-state index contributed by atoms with van der Waals surface area (Å²) in [5, 5.41) is 0. The van der Waals surface area contributed by atoms with Gasteiger partial charge in [0, 0.05) is 0 Å². The molecule has 0 aliphatic rings. The molecule has 1 aromatic carbocycles. The third kappa shape index (κ3) is 2.98. The molecular formula is C7H6F2O3S. The highest BCUT2D eigenvalue weighted by Crippen LogP contribution is 2.17. The van der Waals surface area contributed by atoms with Gasteiger partial charge >= 0.3 is 10.5 Å². The van der Waals surface area contributed by atoms with E-state index in [2.05, 4.69) is 4.18 Å². The number of rotatable bonds is 2. The Balaban J connectivity index is 2.99. The Bertz CT molecular complexity index is 414. The Morgan fingerprint density at radius 3 is 2.46 bits per heavy atom. The molecule has 0 aliphatic carbocycles. The van der Waals surface area contributed by atoms with Crippen LogP contribution in [-0.2, 0) is 10.5 Å². The first-order valence-electron chi connectivity index (χ1n) is 3.29. The van der Waals surface area contributed by atoms with Crippen molar-refractivity contribution in [1.82, 2.24) is 0 Å². The van der Waals surface area contributed by atoms with Gasteiger partial charge in [-0.3, -0.25) is 0 Å². The number of halogens is 2. The molecule has 0 unspecified atom stereocenters. The van der Waals surface area contributed by atoms with Crippen LogP contribution in [0.1, 0.15) is 5.56 Å². The number of hydrogen-bond acceptors (Lipinski definition) is 3. The van der Waals surface area contributed by atoms with Crippen molar-refractivity contribution in [1.29, 1.82) is 0 Å². The molecule has 3 nitrogen and oxygen atoms in total. The van der Waals surface area contributed by atoms with E-state index in [0.717, 1.165) is 18.2 Å². The van der Waals surface area contributed by atoms with Crippen molar-refractivity contribution in [3.63, 3.8) is 0 Å². The lowest BCUT2D eigenvalue weighted by molar-refractivity contribution is 0.439. The number of aryl methyl sites for hydroxylation is 1. The van der Waals surface area contributed by atoms with E-state index in [1.807, 2.05) is 0 Å². The van der Waals surface area contributed by atoms with Gasteiger partial charge < -0.3 is 4.18 Å². The van der Waals surface area contributed by atoms with E-state index < -0.39 is 16.3 Å². The molecule has 0 aliphatic heterocycles. The average Bonchev–Trinajstić information content (AvgIpc) is 1.94. The molecule has 0 heterocycles. The van der Waals surface area contributed by atoms with E-state index in [-0.39, 0.29) is 11.3 Å². The topological polar surface area (TPSA) is 43.4 Å². The van der Waals surface area contributed by atoms with Gasteiger partial charge in [-0.15, -0.1) is 0 Å². The number of hydrogen-bond donors (Lipinski definition) is 0. The minimum atomic E-state index is -5.03. The van der Waals surface area contributed by atoms with E-state index in [1.165, 1.54) is 6.92 Å². The molecule has 0 radical (unpaired) electrons. The number of benzene rings is 1. The SMILES string of the molecule is Cc1cc(OS(=O)(=O)F)ccc1F. The van der Waals surface area contributed by atoms with Gasteiger partial charge in [0.2, 0.25) is 0 Å². The van der Waals surface area contributed by atoms with Gasteiger partial charge in [0.15, 0.2) is 0 Å². The fraction of sp³-hybridized carbons (Fsp3) is 0.143. The second kappa shape index (κ2) is 3.29. The van der Waals surface area contributed by atoms with E-state index in [9.17, 15) is 16.7 Å². The van der Waals surface area contributed by atoms with Gasteiger partial charge in [-0.05, 0) is 30.7 Å². The van der Waals surface area contributed by atoms with Crippen LogP contribution in [0.25, 0.3) is 0 Å². The Morgan fingerprint density at radius 1 is 1.38 bits per heavy atom. The lowest BCUT2D eigenvalue weighted by atomic mass is 10.2. The van der Waals surface area contributed by atoms with Crippen LogP contribution in [0, 0.1) is 12.7 Å². The highest BCUT2D eigenvalue weighted by Gasteiger charge is 2.10. The lowest BCUT2D eigenvalue weighted by Gasteiger charge is -2.01. The molecule has 0 bridgehead atoms. The zero-order valence-electron chi connectivity index (χ0n) is 6.62. The normalized spacial score (nSPS) is 11.3. The van der Waals surface area contributed by atoms with Gasteiger partial charge in [0.1, 0.15) is 11.6 Å². The molecule has 0 amide bonds. The minimum absolute atomic E-state index is 0.182. The summed E-state index contributed by atoms with van der Waals surface area (Å²) in [7, 11) is -5.03. The standard InChI is InChI=1S/C7H6F2O3S/c1-5-4-6(2-3-7(5)8)12-13(9,10)11/h2-4H,1H3. The van der Waals surface area contributed by atoms with E-state index in [4.69, 9.17) is 0 Å². The first-order valence-corrected chi connectivity index (χ1v) is 4.59. The van der Waals surface area contributed by atoms with Gasteiger partial charge in [0.05, 0.1) is 0 Å². The van der Waals surface area contributed by atoms with E-state index >= 15 is 0 Å². The molecule has 0 N–H and O–H groups in total. The van der Waals surface area contributed by atoms with Crippen LogP contribution < -0.4 is 4.18 Å². The van der Waals surface area contributed by atoms with Gasteiger partial charge in [-0.1, -0.05) is 3.89 Å². The zero-order valence-corrected chi connectivity index (χ0v) is 7.44. The average molecular weight is 208 g/mol. The molecule has 72 valence electrons. The molecule has 0 fully saturated rings. The van der Waals surface area contributed by atoms with Crippen LogP contribution in [0.4, 0.5) is 8.28 Å². The van der Waals surface area contributed by atoms with Crippen molar-refractivity contribution >= 4 is 10.5 Å².